The van der Waals surface area contributed by atoms with Gasteiger partial charge in [0.25, 0.3) is 0 Å². The van der Waals surface area contributed by atoms with Gasteiger partial charge in [-0.3, -0.25) is 0 Å². The van der Waals surface area contributed by atoms with Gasteiger partial charge >= 0.3 is 0 Å². The van der Waals surface area contributed by atoms with E-state index in [1.54, 1.807) is 6.07 Å². The van der Waals surface area contributed by atoms with Gasteiger partial charge in [-0.05, 0) is 54.5 Å². The van der Waals surface area contributed by atoms with Gasteiger partial charge < -0.3 is 5.32 Å². The molecule has 2 aromatic rings. The predicted molar refractivity (Wildman–Crippen MR) is 90.1 cm³/mol. The van der Waals surface area contributed by atoms with Crippen LogP contribution < -0.4 is 5.32 Å². The third-order valence-electron chi connectivity index (χ3n) is 4.10. The van der Waals surface area contributed by atoms with Crippen molar-refractivity contribution in [1.29, 1.82) is 0 Å². The van der Waals surface area contributed by atoms with Gasteiger partial charge in [-0.25, -0.2) is 0 Å². The van der Waals surface area contributed by atoms with Crippen molar-refractivity contribution >= 4 is 23.2 Å². The highest BCUT2D eigenvalue weighted by Gasteiger charge is 2.25. The van der Waals surface area contributed by atoms with E-state index >= 15 is 0 Å². The fourth-order valence-electron chi connectivity index (χ4n) is 2.71. The summed E-state index contributed by atoms with van der Waals surface area (Å²) in [5.41, 5.74) is 3.99. The second-order valence-corrected chi connectivity index (χ2v) is 6.59. The molecule has 0 bridgehead atoms. The van der Waals surface area contributed by atoms with E-state index in [9.17, 15) is 0 Å². The Labute approximate surface area is 136 Å². The van der Waals surface area contributed by atoms with Crippen LogP contribution in [-0.4, -0.2) is 0 Å². The second kappa shape index (κ2) is 6.39. The molecule has 0 radical (unpaired) electrons. The maximum atomic E-state index is 6.27. The number of hydrogen-bond donors (Lipinski definition) is 1. The SMILES string of the molecule is CC(NCc1ccccc1C1CC1)c1ccc(Cl)cc1Cl. The van der Waals surface area contributed by atoms with Crippen molar-refractivity contribution in [2.45, 2.75) is 38.3 Å². The minimum atomic E-state index is 0.196. The Kier molecular flexibility index (Phi) is 4.54. The molecule has 1 unspecified atom stereocenters. The molecule has 0 aliphatic heterocycles. The molecule has 0 amide bonds. The molecule has 1 atom stereocenters. The Bertz CT molecular complexity index is 635. The zero-order valence-electron chi connectivity index (χ0n) is 12.1. The lowest BCUT2D eigenvalue weighted by atomic mass is 10.0. The minimum Gasteiger partial charge on any atom is -0.306 e. The van der Waals surface area contributed by atoms with Gasteiger partial charge in [0.05, 0.1) is 0 Å². The first kappa shape index (κ1) is 14.9. The van der Waals surface area contributed by atoms with E-state index in [0.717, 1.165) is 23.0 Å². The highest BCUT2D eigenvalue weighted by molar-refractivity contribution is 6.35. The third-order valence-corrected chi connectivity index (χ3v) is 4.66. The predicted octanol–water partition coefficient (Wildman–Crippen LogP) is 5.72. The Hall–Kier alpha value is -1.02. The molecule has 0 aromatic heterocycles. The van der Waals surface area contributed by atoms with E-state index in [1.807, 2.05) is 12.1 Å². The Morgan fingerprint density at radius 1 is 1.14 bits per heavy atom. The third kappa shape index (κ3) is 3.60. The molecule has 1 fully saturated rings. The van der Waals surface area contributed by atoms with E-state index in [0.29, 0.717) is 5.02 Å². The standard InChI is InChI=1S/C18H19Cl2N/c1-12(16-9-8-15(19)10-18(16)20)21-11-14-4-2-3-5-17(14)13-6-7-13/h2-5,8-10,12-13,21H,6-7,11H2,1H3. The molecule has 1 saturated carbocycles. The summed E-state index contributed by atoms with van der Waals surface area (Å²) in [7, 11) is 0. The maximum Gasteiger partial charge on any atom is 0.0468 e. The molecule has 110 valence electrons. The number of nitrogens with one attached hydrogen (secondary N) is 1. The summed E-state index contributed by atoms with van der Waals surface area (Å²) in [5, 5.41) is 4.97. The van der Waals surface area contributed by atoms with Gasteiger partial charge in [0.1, 0.15) is 0 Å². The normalized spacial score (nSPS) is 16.0. The quantitative estimate of drug-likeness (QED) is 0.743. The Morgan fingerprint density at radius 2 is 1.90 bits per heavy atom. The molecule has 3 heteroatoms. The van der Waals surface area contributed by atoms with Crippen LogP contribution >= 0.6 is 23.2 Å². The molecule has 1 N–H and O–H groups in total. The van der Waals surface area contributed by atoms with Crippen LogP contribution in [0.4, 0.5) is 0 Å². The van der Waals surface area contributed by atoms with E-state index in [4.69, 9.17) is 23.2 Å². The highest BCUT2D eigenvalue weighted by Crippen LogP contribution is 2.41. The average Bonchev–Trinajstić information content (AvgIpc) is 3.29. The van der Waals surface area contributed by atoms with Crippen molar-refractivity contribution in [1.82, 2.24) is 5.32 Å². The van der Waals surface area contributed by atoms with Crippen LogP contribution in [0.3, 0.4) is 0 Å². The zero-order chi connectivity index (χ0) is 14.8. The summed E-state index contributed by atoms with van der Waals surface area (Å²) in [4.78, 5) is 0. The molecule has 0 saturated heterocycles. The first-order chi connectivity index (χ1) is 10.1. The van der Waals surface area contributed by atoms with Crippen LogP contribution in [0.5, 0.6) is 0 Å². The Morgan fingerprint density at radius 3 is 2.62 bits per heavy atom. The lowest BCUT2D eigenvalue weighted by Gasteiger charge is -2.17. The van der Waals surface area contributed by atoms with Crippen LogP contribution in [0.2, 0.25) is 10.0 Å². The summed E-state index contributed by atoms with van der Waals surface area (Å²) in [6.45, 7) is 3.00. The van der Waals surface area contributed by atoms with E-state index < -0.39 is 0 Å². The summed E-state index contributed by atoms with van der Waals surface area (Å²) < 4.78 is 0. The van der Waals surface area contributed by atoms with Gasteiger partial charge in [-0.1, -0.05) is 53.5 Å². The van der Waals surface area contributed by atoms with E-state index in [1.165, 1.54) is 24.0 Å². The van der Waals surface area contributed by atoms with Crippen molar-refractivity contribution in [2.75, 3.05) is 0 Å². The van der Waals surface area contributed by atoms with E-state index in [2.05, 4.69) is 36.5 Å². The van der Waals surface area contributed by atoms with Gasteiger partial charge in [0, 0.05) is 22.6 Å². The van der Waals surface area contributed by atoms with Crippen LogP contribution in [0.1, 0.15) is 48.4 Å². The van der Waals surface area contributed by atoms with Crippen molar-refractivity contribution < 1.29 is 0 Å². The maximum absolute atomic E-state index is 6.27. The largest absolute Gasteiger partial charge is 0.306 e. The van der Waals surface area contributed by atoms with Crippen LogP contribution in [0.15, 0.2) is 42.5 Å². The van der Waals surface area contributed by atoms with Crippen molar-refractivity contribution in [3.8, 4) is 0 Å². The van der Waals surface area contributed by atoms with E-state index in [-0.39, 0.29) is 6.04 Å². The molecule has 0 spiro atoms. The molecule has 2 aromatic carbocycles. The molecule has 0 heterocycles. The summed E-state index contributed by atoms with van der Waals surface area (Å²) in [5.74, 6) is 0.775. The smallest absolute Gasteiger partial charge is 0.0468 e. The summed E-state index contributed by atoms with van der Waals surface area (Å²) >= 11 is 12.2. The lowest BCUT2D eigenvalue weighted by Crippen LogP contribution is -2.19. The van der Waals surface area contributed by atoms with Gasteiger partial charge in [-0.15, -0.1) is 0 Å². The number of rotatable bonds is 5. The monoisotopic (exact) mass is 319 g/mol. The van der Waals surface area contributed by atoms with Gasteiger partial charge in [0.15, 0.2) is 0 Å². The molecule has 1 aliphatic carbocycles. The fraction of sp³-hybridized carbons (Fsp3) is 0.333. The number of benzene rings is 2. The summed E-state index contributed by atoms with van der Waals surface area (Å²) in [6, 6.07) is 14.6. The number of halogens is 2. The molecular weight excluding hydrogens is 301 g/mol. The first-order valence-corrected chi connectivity index (χ1v) is 8.17. The highest BCUT2D eigenvalue weighted by atomic mass is 35.5. The Balaban J connectivity index is 1.70. The minimum absolute atomic E-state index is 0.196. The van der Waals surface area contributed by atoms with Crippen LogP contribution in [0, 0.1) is 0 Å². The van der Waals surface area contributed by atoms with Crippen molar-refractivity contribution in [3.63, 3.8) is 0 Å². The molecule has 1 aliphatic rings. The summed E-state index contributed by atoms with van der Waals surface area (Å²) in [6.07, 6.45) is 2.66. The van der Waals surface area contributed by atoms with Crippen molar-refractivity contribution in [2.24, 2.45) is 0 Å². The molecule has 1 nitrogen and oxygen atoms in total. The molecular formula is C18H19Cl2N. The zero-order valence-corrected chi connectivity index (χ0v) is 13.6. The molecule has 21 heavy (non-hydrogen) atoms. The topological polar surface area (TPSA) is 12.0 Å². The van der Waals surface area contributed by atoms with Crippen LogP contribution in [0.25, 0.3) is 0 Å². The molecule has 3 rings (SSSR count). The van der Waals surface area contributed by atoms with Crippen molar-refractivity contribution in [3.05, 3.63) is 69.2 Å². The first-order valence-electron chi connectivity index (χ1n) is 7.41. The van der Waals surface area contributed by atoms with Gasteiger partial charge in [-0.2, -0.15) is 0 Å². The fourth-order valence-corrected chi connectivity index (χ4v) is 3.29. The average molecular weight is 320 g/mol. The van der Waals surface area contributed by atoms with Gasteiger partial charge in [0.2, 0.25) is 0 Å². The van der Waals surface area contributed by atoms with Crippen LogP contribution in [-0.2, 0) is 6.54 Å². The number of hydrogen-bond acceptors (Lipinski definition) is 1. The lowest BCUT2D eigenvalue weighted by molar-refractivity contribution is 0.572. The second-order valence-electron chi connectivity index (χ2n) is 5.74.